The summed E-state index contributed by atoms with van der Waals surface area (Å²) in [7, 11) is 1.66. The molecule has 0 saturated heterocycles. The largest absolute Gasteiger partial charge is 0.496 e. The van der Waals surface area contributed by atoms with Gasteiger partial charge in [-0.25, -0.2) is 0 Å². The Labute approximate surface area is 105 Å². The predicted octanol–water partition coefficient (Wildman–Crippen LogP) is 3.79. The number of benzene rings is 1. The molecule has 0 unspecified atom stereocenters. The van der Waals surface area contributed by atoms with Gasteiger partial charge in [0.2, 0.25) is 0 Å². The third-order valence-electron chi connectivity index (χ3n) is 3.18. The molecule has 0 fully saturated rings. The van der Waals surface area contributed by atoms with E-state index < -0.39 is 5.60 Å². The van der Waals surface area contributed by atoms with Crippen LogP contribution < -0.4 is 4.74 Å². The summed E-state index contributed by atoms with van der Waals surface area (Å²) in [5, 5.41) is 10.8. The third-order valence-corrected chi connectivity index (χ3v) is 3.18. The molecule has 2 heteroatoms. The van der Waals surface area contributed by atoms with E-state index in [2.05, 4.69) is 13.8 Å². The lowest BCUT2D eigenvalue weighted by Crippen LogP contribution is -2.26. The predicted molar refractivity (Wildman–Crippen MR) is 71.4 cm³/mol. The second-order valence-electron chi connectivity index (χ2n) is 4.74. The summed E-state index contributed by atoms with van der Waals surface area (Å²) in [6, 6.07) is 6.01. The normalized spacial score (nSPS) is 11.6. The Kier molecular flexibility index (Phi) is 5.01. The molecular formula is C15H24O2. The Morgan fingerprint density at radius 1 is 1.18 bits per heavy atom. The minimum absolute atomic E-state index is 0.749. The quantitative estimate of drug-likeness (QED) is 0.814. The molecule has 1 rings (SSSR count). The van der Waals surface area contributed by atoms with Crippen molar-refractivity contribution < 1.29 is 9.84 Å². The van der Waals surface area contributed by atoms with Crippen LogP contribution in [-0.2, 0) is 5.60 Å². The second-order valence-corrected chi connectivity index (χ2v) is 4.74. The fourth-order valence-electron chi connectivity index (χ4n) is 2.41. The summed E-state index contributed by atoms with van der Waals surface area (Å²) in [5.41, 5.74) is 1.34. The van der Waals surface area contributed by atoms with Crippen molar-refractivity contribution in [2.75, 3.05) is 7.11 Å². The second kappa shape index (κ2) is 6.06. The molecule has 2 nitrogen and oxygen atoms in total. The van der Waals surface area contributed by atoms with E-state index >= 15 is 0 Å². The van der Waals surface area contributed by atoms with Crippen LogP contribution in [0.5, 0.6) is 5.75 Å². The molecule has 0 bridgehead atoms. The van der Waals surface area contributed by atoms with Crippen molar-refractivity contribution in [3.05, 3.63) is 29.3 Å². The third kappa shape index (κ3) is 3.22. The number of methoxy groups -OCH3 is 1. The number of hydrogen-bond acceptors (Lipinski definition) is 2. The number of aryl methyl sites for hydroxylation is 1. The molecule has 0 spiro atoms. The van der Waals surface area contributed by atoms with Crippen LogP contribution in [0.3, 0.4) is 0 Å². The van der Waals surface area contributed by atoms with Crippen LogP contribution in [0.25, 0.3) is 0 Å². The average Bonchev–Trinajstić information content (AvgIpc) is 2.29. The van der Waals surface area contributed by atoms with Gasteiger partial charge in [-0.05, 0) is 31.9 Å². The molecule has 0 heterocycles. The Morgan fingerprint density at radius 3 is 2.24 bits per heavy atom. The van der Waals surface area contributed by atoms with Gasteiger partial charge in [0.15, 0.2) is 0 Å². The average molecular weight is 236 g/mol. The van der Waals surface area contributed by atoms with Crippen LogP contribution in [0, 0.1) is 6.92 Å². The van der Waals surface area contributed by atoms with Crippen molar-refractivity contribution in [2.24, 2.45) is 0 Å². The minimum Gasteiger partial charge on any atom is -0.496 e. The van der Waals surface area contributed by atoms with Crippen LogP contribution in [0.4, 0.5) is 0 Å². The maximum Gasteiger partial charge on any atom is 0.124 e. The van der Waals surface area contributed by atoms with Gasteiger partial charge in [0.05, 0.1) is 12.7 Å². The molecule has 0 aliphatic rings. The summed E-state index contributed by atoms with van der Waals surface area (Å²) in [6.45, 7) is 6.24. The van der Waals surface area contributed by atoms with Crippen molar-refractivity contribution in [1.82, 2.24) is 0 Å². The van der Waals surface area contributed by atoms with Gasteiger partial charge in [-0.1, -0.05) is 38.3 Å². The molecule has 0 amide bonds. The molecule has 0 atom stereocenters. The number of hydrogen-bond donors (Lipinski definition) is 1. The van der Waals surface area contributed by atoms with Gasteiger partial charge in [-0.3, -0.25) is 0 Å². The standard InChI is InChI=1S/C15H24O2/c1-5-9-15(16,10-6-2)13-11-12(3)7-8-14(13)17-4/h7-8,11,16H,5-6,9-10H2,1-4H3. The highest BCUT2D eigenvalue weighted by Crippen LogP contribution is 2.37. The van der Waals surface area contributed by atoms with Gasteiger partial charge >= 0.3 is 0 Å². The maximum absolute atomic E-state index is 10.8. The number of rotatable bonds is 6. The van der Waals surface area contributed by atoms with E-state index in [0.29, 0.717) is 0 Å². The first-order chi connectivity index (χ1) is 8.07. The molecule has 0 radical (unpaired) electrons. The Balaban J connectivity index is 3.20. The van der Waals surface area contributed by atoms with Crippen LogP contribution in [0.1, 0.15) is 50.7 Å². The van der Waals surface area contributed by atoms with E-state index in [-0.39, 0.29) is 0 Å². The fourth-order valence-corrected chi connectivity index (χ4v) is 2.41. The van der Waals surface area contributed by atoms with Crippen molar-refractivity contribution in [3.8, 4) is 5.75 Å². The van der Waals surface area contributed by atoms with E-state index in [9.17, 15) is 5.11 Å². The maximum atomic E-state index is 10.8. The monoisotopic (exact) mass is 236 g/mol. The summed E-state index contributed by atoms with van der Waals surface area (Å²) < 4.78 is 5.38. The van der Waals surface area contributed by atoms with Crippen molar-refractivity contribution in [1.29, 1.82) is 0 Å². The number of aliphatic hydroxyl groups is 1. The van der Waals surface area contributed by atoms with E-state index in [1.54, 1.807) is 7.11 Å². The fraction of sp³-hybridized carbons (Fsp3) is 0.600. The molecule has 17 heavy (non-hydrogen) atoms. The van der Waals surface area contributed by atoms with Gasteiger partial charge < -0.3 is 9.84 Å². The molecular weight excluding hydrogens is 212 g/mol. The molecule has 0 aliphatic heterocycles. The van der Waals surface area contributed by atoms with Gasteiger partial charge in [-0.15, -0.1) is 0 Å². The lowest BCUT2D eigenvalue weighted by molar-refractivity contribution is 0.0147. The molecule has 0 saturated carbocycles. The Hall–Kier alpha value is -1.02. The van der Waals surface area contributed by atoms with Crippen LogP contribution in [0.2, 0.25) is 0 Å². The molecule has 0 aliphatic carbocycles. The van der Waals surface area contributed by atoms with E-state index in [4.69, 9.17) is 4.74 Å². The van der Waals surface area contributed by atoms with E-state index in [1.807, 2.05) is 25.1 Å². The molecule has 1 aromatic rings. The molecule has 0 aromatic heterocycles. The first-order valence-corrected chi connectivity index (χ1v) is 6.45. The topological polar surface area (TPSA) is 29.5 Å². The minimum atomic E-state index is -0.749. The highest BCUT2D eigenvalue weighted by atomic mass is 16.5. The van der Waals surface area contributed by atoms with Crippen molar-refractivity contribution in [2.45, 2.75) is 52.1 Å². The summed E-state index contributed by atoms with van der Waals surface area (Å²) in [5.74, 6) is 0.792. The highest BCUT2D eigenvalue weighted by Gasteiger charge is 2.30. The summed E-state index contributed by atoms with van der Waals surface area (Å²) in [6.07, 6.45) is 3.49. The lowest BCUT2D eigenvalue weighted by Gasteiger charge is -2.30. The summed E-state index contributed by atoms with van der Waals surface area (Å²) >= 11 is 0. The van der Waals surface area contributed by atoms with Gasteiger partial charge in [0.1, 0.15) is 5.75 Å². The van der Waals surface area contributed by atoms with Crippen LogP contribution in [-0.4, -0.2) is 12.2 Å². The SMILES string of the molecule is CCCC(O)(CCC)c1cc(C)ccc1OC. The van der Waals surface area contributed by atoms with E-state index in [1.165, 1.54) is 0 Å². The smallest absolute Gasteiger partial charge is 0.124 e. The van der Waals surface area contributed by atoms with Crippen LogP contribution in [0.15, 0.2) is 18.2 Å². The first-order valence-electron chi connectivity index (χ1n) is 6.45. The van der Waals surface area contributed by atoms with Gasteiger partial charge in [-0.2, -0.15) is 0 Å². The molecule has 1 N–H and O–H groups in total. The number of ether oxygens (including phenoxy) is 1. The summed E-state index contributed by atoms with van der Waals surface area (Å²) in [4.78, 5) is 0. The Morgan fingerprint density at radius 2 is 1.76 bits per heavy atom. The zero-order chi connectivity index (χ0) is 12.9. The Bertz CT molecular complexity index is 352. The zero-order valence-corrected chi connectivity index (χ0v) is 11.4. The highest BCUT2D eigenvalue weighted by molar-refractivity contribution is 5.41. The first kappa shape index (κ1) is 14.0. The van der Waals surface area contributed by atoms with Gasteiger partial charge in [0, 0.05) is 5.56 Å². The van der Waals surface area contributed by atoms with E-state index in [0.717, 1.165) is 42.6 Å². The van der Waals surface area contributed by atoms with Crippen molar-refractivity contribution in [3.63, 3.8) is 0 Å². The van der Waals surface area contributed by atoms with Gasteiger partial charge in [0.25, 0.3) is 0 Å². The molecule has 1 aromatic carbocycles. The zero-order valence-electron chi connectivity index (χ0n) is 11.4. The van der Waals surface area contributed by atoms with Crippen LogP contribution >= 0.6 is 0 Å². The van der Waals surface area contributed by atoms with Crippen molar-refractivity contribution >= 4 is 0 Å². The lowest BCUT2D eigenvalue weighted by atomic mass is 9.84. The molecule has 96 valence electrons.